The average molecular weight is 333 g/mol. The zero-order chi connectivity index (χ0) is 17.2. The Bertz CT molecular complexity index is 782. The third-order valence-corrected chi connectivity index (χ3v) is 3.79. The number of fused-ring (bicyclic) bond motifs is 1. The fourth-order valence-corrected chi connectivity index (χ4v) is 2.57. The Balaban J connectivity index is 1.74. The molecule has 1 aromatic carbocycles. The lowest BCUT2D eigenvalue weighted by Gasteiger charge is -2.16. The van der Waals surface area contributed by atoms with Gasteiger partial charge in [0.05, 0.1) is 17.0 Å². The number of hydrazone groups is 1. The zero-order valence-electron chi connectivity index (χ0n) is 12.6. The number of rotatable bonds is 2. The predicted octanol–water partition coefficient (Wildman–Crippen LogP) is 3.57. The third-order valence-electron chi connectivity index (χ3n) is 3.79. The molecule has 0 unspecified atom stereocenters. The number of pyridine rings is 1. The van der Waals surface area contributed by atoms with Gasteiger partial charge in [-0.3, -0.25) is 9.78 Å². The summed E-state index contributed by atoms with van der Waals surface area (Å²) >= 11 is 0. The van der Waals surface area contributed by atoms with Gasteiger partial charge < -0.3 is 0 Å². The van der Waals surface area contributed by atoms with Crippen molar-refractivity contribution in [3.8, 4) is 0 Å². The summed E-state index contributed by atoms with van der Waals surface area (Å²) in [4.78, 5) is 16.3. The smallest absolute Gasteiger partial charge is 0.267 e. The van der Waals surface area contributed by atoms with Crippen LogP contribution in [-0.2, 0) is 12.6 Å². The number of aromatic nitrogens is 1. The van der Waals surface area contributed by atoms with Crippen LogP contribution in [-0.4, -0.2) is 16.6 Å². The molecule has 0 fully saturated rings. The molecule has 0 spiro atoms. The molecule has 2 aromatic rings. The van der Waals surface area contributed by atoms with Crippen LogP contribution in [0.1, 0.15) is 40.0 Å². The Morgan fingerprint density at radius 1 is 1.12 bits per heavy atom. The molecular weight excluding hydrogens is 319 g/mol. The highest BCUT2D eigenvalue weighted by atomic mass is 19.4. The van der Waals surface area contributed by atoms with Gasteiger partial charge >= 0.3 is 6.18 Å². The Kier molecular flexibility index (Phi) is 4.33. The van der Waals surface area contributed by atoms with E-state index in [2.05, 4.69) is 15.5 Å². The van der Waals surface area contributed by atoms with Crippen molar-refractivity contribution in [3.63, 3.8) is 0 Å². The van der Waals surface area contributed by atoms with Crippen LogP contribution in [0.4, 0.5) is 13.2 Å². The Morgan fingerprint density at radius 2 is 1.88 bits per heavy atom. The first-order valence-corrected chi connectivity index (χ1v) is 7.43. The van der Waals surface area contributed by atoms with Crippen molar-refractivity contribution < 1.29 is 18.0 Å². The Morgan fingerprint density at radius 3 is 2.58 bits per heavy atom. The fraction of sp³-hybridized carbons (Fsp3) is 0.235. The molecule has 1 aliphatic carbocycles. The topological polar surface area (TPSA) is 54.4 Å². The lowest BCUT2D eigenvalue weighted by Crippen LogP contribution is -2.23. The minimum atomic E-state index is -4.42. The lowest BCUT2D eigenvalue weighted by molar-refractivity contribution is -0.137. The van der Waals surface area contributed by atoms with Crippen LogP contribution < -0.4 is 5.43 Å². The summed E-state index contributed by atoms with van der Waals surface area (Å²) in [7, 11) is 0. The highest BCUT2D eigenvalue weighted by Crippen LogP contribution is 2.29. The molecule has 1 amide bonds. The summed E-state index contributed by atoms with van der Waals surface area (Å²) in [6, 6.07) is 7.83. The van der Waals surface area contributed by atoms with Gasteiger partial charge in [-0.1, -0.05) is 6.07 Å². The van der Waals surface area contributed by atoms with Gasteiger partial charge in [0, 0.05) is 11.8 Å². The van der Waals surface area contributed by atoms with Gasteiger partial charge in [-0.05, 0) is 55.2 Å². The molecule has 0 bridgehead atoms. The summed E-state index contributed by atoms with van der Waals surface area (Å²) in [5.74, 6) is -0.556. The SMILES string of the molecule is O=C(N/N=C1\CCCc2cccnc21)c1ccc(C(F)(F)F)cc1. The number of aryl methyl sites for hydroxylation is 1. The first-order chi connectivity index (χ1) is 11.4. The van der Waals surface area contributed by atoms with Gasteiger partial charge in [-0.2, -0.15) is 18.3 Å². The van der Waals surface area contributed by atoms with E-state index in [0.29, 0.717) is 12.1 Å². The van der Waals surface area contributed by atoms with Crippen molar-refractivity contribution in [2.24, 2.45) is 5.10 Å². The molecule has 1 heterocycles. The largest absolute Gasteiger partial charge is 0.416 e. The van der Waals surface area contributed by atoms with E-state index in [1.807, 2.05) is 12.1 Å². The molecule has 1 aromatic heterocycles. The molecule has 124 valence electrons. The highest BCUT2D eigenvalue weighted by molar-refractivity contribution is 6.02. The summed E-state index contributed by atoms with van der Waals surface area (Å²) in [5, 5.41) is 4.10. The van der Waals surface area contributed by atoms with E-state index in [0.717, 1.165) is 48.4 Å². The van der Waals surface area contributed by atoms with E-state index in [9.17, 15) is 18.0 Å². The minimum absolute atomic E-state index is 0.115. The van der Waals surface area contributed by atoms with Crippen molar-refractivity contribution in [2.45, 2.75) is 25.4 Å². The van der Waals surface area contributed by atoms with Gasteiger partial charge in [0.1, 0.15) is 0 Å². The zero-order valence-corrected chi connectivity index (χ0v) is 12.6. The first-order valence-electron chi connectivity index (χ1n) is 7.43. The maximum atomic E-state index is 12.5. The highest BCUT2D eigenvalue weighted by Gasteiger charge is 2.30. The van der Waals surface area contributed by atoms with Crippen molar-refractivity contribution in [3.05, 3.63) is 65.0 Å². The van der Waals surface area contributed by atoms with Gasteiger partial charge in [-0.15, -0.1) is 0 Å². The van der Waals surface area contributed by atoms with Crippen LogP contribution in [0.3, 0.4) is 0 Å². The van der Waals surface area contributed by atoms with Crippen molar-refractivity contribution in [1.29, 1.82) is 0 Å². The van der Waals surface area contributed by atoms with Gasteiger partial charge in [-0.25, -0.2) is 5.43 Å². The van der Waals surface area contributed by atoms with Crippen molar-refractivity contribution >= 4 is 11.6 Å². The number of benzene rings is 1. The predicted molar refractivity (Wildman–Crippen MR) is 82.6 cm³/mol. The summed E-state index contributed by atoms with van der Waals surface area (Å²) < 4.78 is 37.6. The number of hydrogen-bond donors (Lipinski definition) is 1. The number of halogens is 3. The molecule has 4 nitrogen and oxygen atoms in total. The summed E-state index contributed by atoms with van der Waals surface area (Å²) in [6.45, 7) is 0. The molecule has 7 heteroatoms. The number of amides is 1. The quantitative estimate of drug-likeness (QED) is 0.854. The number of carbonyl (C=O) groups is 1. The van der Waals surface area contributed by atoms with E-state index in [-0.39, 0.29) is 5.56 Å². The minimum Gasteiger partial charge on any atom is -0.267 e. The number of carbonyl (C=O) groups excluding carboxylic acids is 1. The number of nitrogens with zero attached hydrogens (tertiary/aromatic N) is 2. The number of alkyl halides is 3. The van der Waals surface area contributed by atoms with E-state index >= 15 is 0 Å². The third kappa shape index (κ3) is 3.45. The molecule has 0 atom stereocenters. The Labute approximate surface area is 136 Å². The van der Waals surface area contributed by atoms with Crippen LogP contribution in [0.25, 0.3) is 0 Å². The van der Waals surface area contributed by atoms with Crippen molar-refractivity contribution in [2.75, 3.05) is 0 Å². The fourth-order valence-electron chi connectivity index (χ4n) is 2.57. The molecule has 1 aliphatic rings. The van der Waals surface area contributed by atoms with Crippen LogP contribution in [0.5, 0.6) is 0 Å². The van der Waals surface area contributed by atoms with Crippen LogP contribution in [0.15, 0.2) is 47.7 Å². The molecule has 24 heavy (non-hydrogen) atoms. The molecular formula is C17H14F3N3O. The van der Waals surface area contributed by atoms with Crippen LogP contribution in [0.2, 0.25) is 0 Å². The monoisotopic (exact) mass is 333 g/mol. The molecule has 0 saturated carbocycles. The van der Waals surface area contributed by atoms with E-state index < -0.39 is 17.6 Å². The van der Waals surface area contributed by atoms with Crippen LogP contribution >= 0.6 is 0 Å². The molecule has 3 rings (SSSR count). The molecule has 0 aliphatic heterocycles. The lowest BCUT2D eigenvalue weighted by atomic mass is 9.95. The summed E-state index contributed by atoms with van der Waals surface area (Å²) in [6.07, 6.45) is -0.246. The van der Waals surface area contributed by atoms with Gasteiger partial charge in [0.15, 0.2) is 0 Å². The van der Waals surface area contributed by atoms with E-state index in [1.54, 1.807) is 6.20 Å². The second kappa shape index (κ2) is 6.43. The molecule has 1 N–H and O–H groups in total. The maximum absolute atomic E-state index is 12.5. The van der Waals surface area contributed by atoms with Gasteiger partial charge in [0.2, 0.25) is 0 Å². The van der Waals surface area contributed by atoms with Crippen LogP contribution in [0, 0.1) is 0 Å². The normalized spacial score (nSPS) is 15.9. The maximum Gasteiger partial charge on any atom is 0.416 e. The Hall–Kier alpha value is -2.70. The standard InChI is InChI=1S/C17H14F3N3O/c18-17(19,20)13-8-6-12(7-9-13)16(24)23-22-14-5-1-3-11-4-2-10-21-15(11)14/h2,4,6-10H,1,3,5H2,(H,23,24)/b22-14+. The second-order valence-electron chi connectivity index (χ2n) is 5.44. The first kappa shape index (κ1) is 16.2. The van der Waals surface area contributed by atoms with Gasteiger partial charge in [0.25, 0.3) is 5.91 Å². The molecule has 0 saturated heterocycles. The molecule has 0 radical (unpaired) electrons. The second-order valence-corrected chi connectivity index (χ2v) is 5.44. The summed E-state index contributed by atoms with van der Waals surface area (Å²) in [5.41, 5.74) is 4.23. The van der Waals surface area contributed by atoms with E-state index in [4.69, 9.17) is 0 Å². The number of hydrogen-bond acceptors (Lipinski definition) is 3. The number of nitrogens with one attached hydrogen (secondary N) is 1. The average Bonchev–Trinajstić information content (AvgIpc) is 2.59. The van der Waals surface area contributed by atoms with Crippen molar-refractivity contribution in [1.82, 2.24) is 10.4 Å². The van der Waals surface area contributed by atoms with E-state index in [1.165, 1.54) is 0 Å².